The van der Waals surface area contributed by atoms with Gasteiger partial charge in [0.1, 0.15) is 5.69 Å². The van der Waals surface area contributed by atoms with E-state index in [1.165, 1.54) is 7.11 Å². The summed E-state index contributed by atoms with van der Waals surface area (Å²) < 4.78 is 9.93. The molecule has 0 atom stereocenters. The highest BCUT2D eigenvalue weighted by atomic mass is 16.6. The summed E-state index contributed by atoms with van der Waals surface area (Å²) in [4.78, 5) is 10.6. The molecule has 0 aromatic heterocycles. The van der Waals surface area contributed by atoms with Crippen LogP contribution in [0.1, 0.15) is 12.8 Å². The minimum atomic E-state index is -0.434. The molecule has 0 saturated heterocycles. The number of nitro benzene ring substituents is 1. The Morgan fingerprint density at radius 2 is 2.11 bits per heavy atom. The van der Waals surface area contributed by atoms with Crippen LogP contribution in [0.25, 0.3) is 0 Å². The van der Waals surface area contributed by atoms with Gasteiger partial charge in [-0.25, -0.2) is 0 Å². The van der Waals surface area contributed by atoms with Crippen LogP contribution in [0.4, 0.5) is 11.4 Å². The predicted molar refractivity (Wildman–Crippen MR) is 69.2 cm³/mol. The van der Waals surface area contributed by atoms with Crippen LogP contribution in [0.15, 0.2) is 18.2 Å². The van der Waals surface area contributed by atoms with Gasteiger partial charge in [0.15, 0.2) is 5.75 Å². The van der Waals surface area contributed by atoms with Crippen LogP contribution in [0, 0.1) is 10.1 Å². The third-order valence-electron chi connectivity index (χ3n) is 2.49. The summed E-state index contributed by atoms with van der Waals surface area (Å²) in [7, 11) is 3.07. The fourth-order valence-corrected chi connectivity index (χ4v) is 1.61. The van der Waals surface area contributed by atoms with Crippen LogP contribution in [0.5, 0.6) is 5.75 Å². The van der Waals surface area contributed by atoms with E-state index in [-0.39, 0.29) is 11.4 Å². The Bertz CT molecular complexity index is 396. The van der Waals surface area contributed by atoms with Gasteiger partial charge in [0, 0.05) is 20.3 Å². The van der Waals surface area contributed by atoms with Gasteiger partial charge in [0.2, 0.25) is 0 Å². The molecule has 6 nitrogen and oxygen atoms in total. The molecule has 0 saturated carbocycles. The number of nitrogens with zero attached hydrogens (tertiary/aromatic N) is 1. The van der Waals surface area contributed by atoms with Crippen LogP contribution >= 0.6 is 0 Å². The Labute approximate surface area is 106 Å². The van der Waals surface area contributed by atoms with Crippen LogP contribution in [-0.4, -0.2) is 32.3 Å². The van der Waals surface area contributed by atoms with Crippen molar-refractivity contribution in [3.8, 4) is 5.75 Å². The predicted octanol–water partition coefficient (Wildman–Crippen LogP) is 2.44. The Morgan fingerprint density at radius 1 is 1.33 bits per heavy atom. The minimum Gasteiger partial charge on any atom is -0.490 e. The van der Waals surface area contributed by atoms with E-state index in [1.54, 1.807) is 25.3 Å². The maximum atomic E-state index is 11.0. The number of hydrogen-bond donors (Lipinski definition) is 1. The first-order chi connectivity index (χ1) is 8.70. The Balaban J connectivity index is 2.67. The summed E-state index contributed by atoms with van der Waals surface area (Å²) in [5.41, 5.74) is 0.462. The molecule has 1 N–H and O–H groups in total. The number of nitro groups is 1. The lowest BCUT2D eigenvalue weighted by atomic mass is 10.2. The Morgan fingerprint density at radius 3 is 2.72 bits per heavy atom. The number of anilines is 1. The Kier molecular flexibility index (Phi) is 5.93. The lowest BCUT2D eigenvalue weighted by molar-refractivity contribution is -0.384. The zero-order valence-corrected chi connectivity index (χ0v) is 10.6. The number of unbranched alkanes of at least 4 members (excludes halogenated alkanes) is 1. The first-order valence-corrected chi connectivity index (χ1v) is 5.75. The number of para-hydroxylation sites is 1. The summed E-state index contributed by atoms with van der Waals surface area (Å²) in [5, 5.41) is 14.1. The van der Waals surface area contributed by atoms with Crippen molar-refractivity contribution in [2.75, 3.05) is 32.7 Å². The molecule has 0 unspecified atom stereocenters. The first-order valence-electron chi connectivity index (χ1n) is 5.75. The molecule has 0 amide bonds. The van der Waals surface area contributed by atoms with Crippen molar-refractivity contribution < 1.29 is 14.4 Å². The zero-order chi connectivity index (χ0) is 13.4. The van der Waals surface area contributed by atoms with E-state index in [0.29, 0.717) is 18.8 Å². The molecule has 1 aromatic rings. The molecule has 0 aliphatic heterocycles. The van der Waals surface area contributed by atoms with E-state index < -0.39 is 4.92 Å². The molecule has 18 heavy (non-hydrogen) atoms. The third kappa shape index (κ3) is 3.89. The van der Waals surface area contributed by atoms with Crippen molar-refractivity contribution in [3.05, 3.63) is 28.3 Å². The molecule has 0 fully saturated rings. The molecule has 0 radical (unpaired) electrons. The van der Waals surface area contributed by atoms with Crippen LogP contribution in [0.3, 0.4) is 0 Å². The Hall–Kier alpha value is -1.82. The van der Waals surface area contributed by atoms with E-state index in [0.717, 1.165) is 12.8 Å². The van der Waals surface area contributed by atoms with Gasteiger partial charge < -0.3 is 14.8 Å². The average Bonchev–Trinajstić information content (AvgIpc) is 2.37. The molecule has 1 aromatic carbocycles. The zero-order valence-electron chi connectivity index (χ0n) is 10.6. The molecule has 6 heteroatoms. The maximum absolute atomic E-state index is 11.0. The summed E-state index contributed by atoms with van der Waals surface area (Å²) in [6.45, 7) is 1.36. The van der Waals surface area contributed by atoms with Crippen molar-refractivity contribution in [2.24, 2.45) is 0 Å². The summed E-state index contributed by atoms with van der Waals surface area (Å²) in [5.74, 6) is 0.266. The number of benzene rings is 1. The van der Waals surface area contributed by atoms with Gasteiger partial charge in [0.25, 0.3) is 0 Å². The fourth-order valence-electron chi connectivity index (χ4n) is 1.61. The van der Waals surface area contributed by atoms with Crippen molar-refractivity contribution in [1.29, 1.82) is 0 Å². The van der Waals surface area contributed by atoms with Crippen LogP contribution in [-0.2, 0) is 4.74 Å². The summed E-state index contributed by atoms with van der Waals surface area (Å²) in [6.07, 6.45) is 1.81. The van der Waals surface area contributed by atoms with Crippen LogP contribution in [0.2, 0.25) is 0 Å². The number of rotatable bonds is 8. The van der Waals surface area contributed by atoms with Gasteiger partial charge in [-0.15, -0.1) is 0 Å². The standard InChI is InChI=1S/C12H18N2O4/c1-17-9-4-3-8-13-10-6-5-7-11(18-2)12(10)14(15)16/h5-7,13H,3-4,8-9H2,1-2H3. The second kappa shape index (κ2) is 7.50. The van der Waals surface area contributed by atoms with Crippen LogP contribution < -0.4 is 10.1 Å². The minimum absolute atomic E-state index is 0.0215. The first kappa shape index (κ1) is 14.2. The van der Waals surface area contributed by atoms with Crippen molar-refractivity contribution in [1.82, 2.24) is 0 Å². The lowest BCUT2D eigenvalue weighted by Gasteiger charge is -2.09. The second-order valence-corrected chi connectivity index (χ2v) is 3.74. The lowest BCUT2D eigenvalue weighted by Crippen LogP contribution is -2.06. The number of ether oxygens (including phenoxy) is 2. The maximum Gasteiger partial charge on any atom is 0.333 e. The van der Waals surface area contributed by atoms with E-state index in [2.05, 4.69) is 5.32 Å². The van der Waals surface area contributed by atoms with E-state index >= 15 is 0 Å². The van der Waals surface area contributed by atoms with E-state index in [1.807, 2.05) is 0 Å². The quantitative estimate of drug-likeness (QED) is 0.438. The van der Waals surface area contributed by atoms with E-state index in [4.69, 9.17) is 9.47 Å². The fraction of sp³-hybridized carbons (Fsp3) is 0.500. The largest absolute Gasteiger partial charge is 0.490 e. The van der Waals surface area contributed by atoms with E-state index in [9.17, 15) is 10.1 Å². The molecular weight excluding hydrogens is 236 g/mol. The summed E-state index contributed by atoms with van der Waals surface area (Å²) >= 11 is 0. The monoisotopic (exact) mass is 254 g/mol. The number of methoxy groups -OCH3 is 2. The molecule has 0 bridgehead atoms. The normalized spacial score (nSPS) is 10.1. The third-order valence-corrected chi connectivity index (χ3v) is 2.49. The SMILES string of the molecule is COCCCCNc1cccc(OC)c1[N+](=O)[O-]. The van der Waals surface area contributed by atoms with Gasteiger partial charge in [-0.3, -0.25) is 10.1 Å². The number of hydrogen-bond acceptors (Lipinski definition) is 5. The van der Waals surface area contributed by atoms with Gasteiger partial charge in [-0.2, -0.15) is 0 Å². The molecule has 0 aliphatic rings. The molecule has 1 rings (SSSR count). The van der Waals surface area contributed by atoms with Crippen molar-refractivity contribution >= 4 is 11.4 Å². The smallest absolute Gasteiger partial charge is 0.333 e. The molecule has 100 valence electrons. The highest BCUT2D eigenvalue weighted by Crippen LogP contribution is 2.34. The van der Waals surface area contributed by atoms with Gasteiger partial charge >= 0.3 is 5.69 Å². The molecular formula is C12H18N2O4. The summed E-state index contributed by atoms with van der Waals surface area (Å²) in [6, 6.07) is 4.98. The topological polar surface area (TPSA) is 73.6 Å². The van der Waals surface area contributed by atoms with Crippen molar-refractivity contribution in [2.45, 2.75) is 12.8 Å². The second-order valence-electron chi connectivity index (χ2n) is 3.74. The molecule has 0 spiro atoms. The average molecular weight is 254 g/mol. The van der Waals surface area contributed by atoms with Crippen molar-refractivity contribution in [3.63, 3.8) is 0 Å². The highest BCUT2D eigenvalue weighted by Gasteiger charge is 2.19. The molecule has 0 heterocycles. The number of nitrogens with one attached hydrogen (secondary N) is 1. The van der Waals surface area contributed by atoms with Gasteiger partial charge in [-0.05, 0) is 25.0 Å². The molecule has 0 aliphatic carbocycles. The van der Waals surface area contributed by atoms with Gasteiger partial charge in [0.05, 0.1) is 12.0 Å². The van der Waals surface area contributed by atoms with Gasteiger partial charge in [-0.1, -0.05) is 6.07 Å². The highest BCUT2D eigenvalue weighted by molar-refractivity contribution is 5.68.